The van der Waals surface area contributed by atoms with Gasteiger partial charge in [0.15, 0.2) is 17.3 Å². The summed E-state index contributed by atoms with van der Waals surface area (Å²) in [4.78, 5) is 13.1. The minimum Gasteiger partial charge on any atom is -0.508 e. The molecule has 0 saturated carbocycles. The molecule has 42 heavy (non-hydrogen) atoms. The minimum atomic E-state index is -1.80. The zero-order valence-corrected chi connectivity index (χ0v) is 22.5. The van der Waals surface area contributed by atoms with E-state index in [2.05, 4.69) is 0 Å². The van der Waals surface area contributed by atoms with E-state index in [0.717, 1.165) is 12.1 Å². The van der Waals surface area contributed by atoms with Crippen LogP contribution in [-0.4, -0.2) is 110 Å². The fourth-order valence-electron chi connectivity index (χ4n) is 5.19. The fourth-order valence-corrected chi connectivity index (χ4v) is 5.19. The largest absolute Gasteiger partial charge is 0.508 e. The molecule has 14 heteroatoms. The number of fused-ring (bicyclic) bond motifs is 1. The Kier molecular flexibility index (Phi) is 8.44. The minimum absolute atomic E-state index is 0.0206. The first-order chi connectivity index (χ1) is 19.9. The molecule has 2 aromatic carbocycles. The van der Waals surface area contributed by atoms with E-state index in [9.17, 15) is 45.6 Å². The lowest BCUT2D eigenvalue weighted by Crippen LogP contribution is -2.59. The summed E-state index contributed by atoms with van der Waals surface area (Å²) in [6.45, 7) is 0.945. The lowest BCUT2D eigenvalue weighted by atomic mass is 9.89. The first-order valence-electron chi connectivity index (χ1n) is 13.1. The van der Waals surface area contributed by atoms with Gasteiger partial charge in [-0.05, 0) is 31.2 Å². The molecule has 0 aliphatic carbocycles. The van der Waals surface area contributed by atoms with Crippen molar-refractivity contribution in [3.8, 4) is 28.6 Å². The Morgan fingerprint density at radius 2 is 1.50 bits per heavy atom. The number of ether oxygens (including phenoxy) is 4. The van der Waals surface area contributed by atoms with E-state index >= 15 is 0 Å². The van der Waals surface area contributed by atoms with Crippen LogP contribution in [0.1, 0.15) is 18.6 Å². The number of aliphatic hydroxyl groups is 6. The molecule has 228 valence electrons. The van der Waals surface area contributed by atoms with Gasteiger partial charge in [0.1, 0.15) is 77.2 Å². The Bertz CT molecular complexity index is 1470. The van der Waals surface area contributed by atoms with E-state index in [4.69, 9.17) is 23.4 Å². The van der Waals surface area contributed by atoms with E-state index in [0.29, 0.717) is 5.56 Å². The molecule has 3 aromatic rings. The molecule has 8 N–H and O–H groups in total. The van der Waals surface area contributed by atoms with Gasteiger partial charge in [0.25, 0.3) is 0 Å². The zero-order chi connectivity index (χ0) is 30.5. The standard InChI is InChI=1S/C28H32O14/c1-10-20(32)22(34)25(37)28(40-10)39-9-17-21(33)23(35)24(36)27(42-17)19-16(38-2)8-14(31)18-13(30)7-15(41-26(18)19)11-3-5-12(29)6-4-11/h3-8,10,17,20-25,27-29,31-37H,9H2,1-2H3. The maximum atomic E-state index is 13.1. The van der Waals surface area contributed by atoms with Crippen LogP contribution in [0.3, 0.4) is 0 Å². The molecule has 14 nitrogen and oxygen atoms in total. The maximum absolute atomic E-state index is 13.1. The summed E-state index contributed by atoms with van der Waals surface area (Å²) < 4.78 is 28.4. The van der Waals surface area contributed by atoms with Crippen molar-refractivity contribution in [1.29, 1.82) is 0 Å². The van der Waals surface area contributed by atoms with Crippen molar-refractivity contribution in [2.45, 2.75) is 68.1 Å². The van der Waals surface area contributed by atoms with E-state index in [1.54, 1.807) is 0 Å². The van der Waals surface area contributed by atoms with Gasteiger partial charge in [0.05, 0.1) is 25.4 Å². The molecule has 2 fully saturated rings. The molecule has 0 amide bonds. The van der Waals surface area contributed by atoms with E-state index in [1.165, 1.54) is 38.3 Å². The third-order valence-corrected chi connectivity index (χ3v) is 7.58. The molecule has 2 saturated heterocycles. The SMILES string of the molecule is COc1cc(O)c2c(=O)cc(-c3ccc(O)cc3)oc2c1C1OC(COC2OC(C)C(O)C(O)C2O)C(O)C(O)C1O. The lowest BCUT2D eigenvalue weighted by Gasteiger charge is -2.43. The summed E-state index contributed by atoms with van der Waals surface area (Å²) in [6, 6.07) is 8.02. The van der Waals surface area contributed by atoms with Gasteiger partial charge < -0.3 is 64.2 Å². The van der Waals surface area contributed by atoms with Crippen LogP contribution in [0.15, 0.2) is 45.6 Å². The quantitative estimate of drug-likeness (QED) is 0.176. The number of rotatable bonds is 6. The molecule has 0 bridgehead atoms. The van der Waals surface area contributed by atoms with Crippen molar-refractivity contribution in [3.05, 3.63) is 52.2 Å². The molecular formula is C28H32O14. The second-order valence-electron chi connectivity index (χ2n) is 10.3. The average molecular weight is 593 g/mol. The van der Waals surface area contributed by atoms with Crippen LogP contribution in [0.25, 0.3) is 22.3 Å². The molecular weight excluding hydrogens is 560 g/mol. The molecule has 2 aliphatic rings. The third kappa shape index (κ3) is 5.32. The summed E-state index contributed by atoms with van der Waals surface area (Å²) in [5.74, 6) is -0.533. The molecule has 3 heterocycles. The van der Waals surface area contributed by atoms with E-state index < -0.39 is 79.0 Å². The topological polar surface area (TPSA) is 229 Å². The van der Waals surface area contributed by atoms with Crippen molar-refractivity contribution in [2.24, 2.45) is 0 Å². The molecule has 5 rings (SSSR count). The smallest absolute Gasteiger partial charge is 0.197 e. The van der Waals surface area contributed by atoms with Gasteiger partial charge in [-0.25, -0.2) is 0 Å². The molecule has 10 atom stereocenters. The second-order valence-corrected chi connectivity index (χ2v) is 10.3. The molecule has 10 unspecified atom stereocenters. The normalized spacial score (nSPS) is 33.5. The highest BCUT2D eigenvalue weighted by molar-refractivity contribution is 5.89. The van der Waals surface area contributed by atoms with Gasteiger partial charge in [-0.1, -0.05) is 0 Å². The van der Waals surface area contributed by atoms with Crippen LogP contribution < -0.4 is 10.2 Å². The summed E-state index contributed by atoms with van der Waals surface area (Å²) in [5.41, 5.74) is -0.538. The van der Waals surface area contributed by atoms with Crippen molar-refractivity contribution in [1.82, 2.24) is 0 Å². The van der Waals surface area contributed by atoms with Crippen LogP contribution in [0.2, 0.25) is 0 Å². The van der Waals surface area contributed by atoms with Gasteiger partial charge >= 0.3 is 0 Å². The van der Waals surface area contributed by atoms with Gasteiger partial charge in [-0.3, -0.25) is 4.79 Å². The van der Waals surface area contributed by atoms with Crippen molar-refractivity contribution >= 4 is 11.0 Å². The van der Waals surface area contributed by atoms with Crippen molar-refractivity contribution in [3.63, 3.8) is 0 Å². The average Bonchev–Trinajstić information content (AvgIpc) is 2.97. The second kappa shape index (κ2) is 11.8. The van der Waals surface area contributed by atoms with Gasteiger partial charge in [-0.15, -0.1) is 0 Å². The summed E-state index contributed by atoms with van der Waals surface area (Å²) in [7, 11) is 1.26. The fraction of sp³-hybridized carbons (Fsp3) is 0.464. The van der Waals surface area contributed by atoms with Gasteiger partial charge in [0.2, 0.25) is 0 Å². The number of phenols is 2. The highest BCUT2D eigenvalue weighted by Gasteiger charge is 2.48. The first kappa shape index (κ1) is 30.2. The molecule has 0 radical (unpaired) electrons. The Morgan fingerprint density at radius 3 is 2.17 bits per heavy atom. The molecule has 0 spiro atoms. The Labute approximate surface area is 238 Å². The van der Waals surface area contributed by atoms with E-state index in [-0.39, 0.29) is 33.8 Å². The third-order valence-electron chi connectivity index (χ3n) is 7.58. The van der Waals surface area contributed by atoms with Gasteiger partial charge in [-0.2, -0.15) is 0 Å². The highest BCUT2D eigenvalue weighted by Crippen LogP contribution is 2.44. The van der Waals surface area contributed by atoms with Crippen LogP contribution >= 0.6 is 0 Å². The number of phenolic OH excluding ortho intramolecular Hbond substituents is 2. The van der Waals surface area contributed by atoms with Crippen LogP contribution in [-0.2, 0) is 14.2 Å². The number of hydrogen-bond acceptors (Lipinski definition) is 14. The molecule has 2 aliphatic heterocycles. The van der Waals surface area contributed by atoms with Crippen LogP contribution in [0.5, 0.6) is 17.2 Å². The Hall–Kier alpha value is -3.31. The van der Waals surface area contributed by atoms with Crippen molar-refractivity contribution < 1.29 is 64.2 Å². The first-order valence-corrected chi connectivity index (χ1v) is 13.1. The van der Waals surface area contributed by atoms with Crippen molar-refractivity contribution in [2.75, 3.05) is 13.7 Å². The van der Waals surface area contributed by atoms with Gasteiger partial charge in [0, 0.05) is 17.7 Å². The predicted octanol–water partition coefficient (Wildman–Crippen LogP) is -0.754. The molecule has 1 aromatic heterocycles. The highest BCUT2D eigenvalue weighted by atomic mass is 16.7. The Morgan fingerprint density at radius 1 is 0.833 bits per heavy atom. The summed E-state index contributed by atoms with van der Waals surface area (Å²) in [5, 5.41) is 82.7. The summed E-state index contributed by atoms with van der Waals surface area (Å²) in [6.07, 6.45) is -15.0. The van der Waals surface area contributed by atoms with E-state index in [1.807, 2.05) is 0 Å². The summed E-state index contributed by atoms with van der Waals surface area (Å²) >= 11 is 0. The number of aliphatic hydroxyl groups excluding tert-OH is 6. The number of hydrogen-bond donors (Lipinski definition) is 8. The number of methoxy groups -OCH3 is 1. The maximum Gasteiger partial charge on any atom is 0.197 e. The lowest BCUT2D eigenvalue weighted by molar-refractivity contribution is -0.308. The number of aromatic hydroxyl groups is 2. The van der Waals surface area contributed by atoms with Crippen LogP contribution in [0.4, 0.5) is 0 Å². The monoisotopic (exact) mass is 592 g/mol. The zero-order valence-electron chi connectivity index (χ0n) is 22.5. The Balaban J connectivity index is 1.54. The van der Waals surface area contributed by atoms with Crippen LogP contribution in [0, 0.1) is 0 Å². The number of benzene rings is 2. The predicted molar refractivity (Wildman–Crippen MR) is 142 cm³/mol.